The molecule has 224 valence electrons. The van der Waals surface area contributed by atoms with Crippen molar-refractivity contribution in [1.29, 1.82) is 0 Å². The van der Waals surface area contributed by atoms with Crippen molar-refractivity contribution in [2.24, 2.45) is 59.2 Å². The molecule has 6 heteroatoms. The van der Waals surface area contributed by atoms with Crippen LogP contribution in [0.1, 0.15) is 38.2 Å². The fourth-order valence-corrected chi connectivity index (χ4v) is 9.83. The van der Waals surface area contributed by atoms with E-state index in [4.69, 9.17) is 0 Å². The molecule has 2 saturated heterocycles. The highest BCUT2D eigenvalue weighted by Gasteiger charge is 2.62. The number of amides is 4. The smallest absolute Gasteiger partial charge is 0.238 e. The summed E-state index contributed by atoms with van der Waals surface area (Å²) in [5.41, 5.74) is 4.99. The Labute approximate surface area is 258 Å². The van der Waals surface area contributed by atoms with Gasteiger partial charge in [-0.15, -0.1) is 13.2 Å². The van der Waals surface area contributed by atoms with Crippen LogP contribution in [0.25, 0.3) is 0 Å². The van der Waals surface area contributed by atoms with Crippen molar-refractivity contribution in [3.63, 3.8) is 0 Å². The van der Waals surface area contributed by atoms with Crippen molar-refractivity contribution in [3.8, 4) is 0 Å². The molecule has 4 fully saturated rings. The summed E-state index contributed by atoms with van der Waals surface area (Å²) < 4.78 is 0. The topological polar surface area (TPSA) is 74.8 Å². The quantitative estimate of drug-likeness (QED) is 0.279. The van der Waals surface area contributed by atoms with Crippen molar-refractivity contribution in [2.45, 2.75) is 39.0 Å². The summed E-state index contributed by atoms with van der Waals surface area (Å²) in [5, 5.41) is 0. The summed E-state index contributed by atoms with van der Waals surface area (Å²) in [6.45, 7) is 9.84. The number of hydrogen-bond donors (Lipinski definition) is 0. The molecule has 0 N–H and O–H groups in total. The lowest BCUT2D eigenvalue weighted by Gasteiger charge is -2.27. The Hall–Kier alpha value is -4.06. The first-order valence-corrected chi connectivity index (χ1v) is 16.2. The Morgan fingerprint density at radius 3 is 1.80 bits per heavy atom. The summed E-state index contributed by atoms with van der Waals surface area (Å²) in [6.07, 6.45) is 18.5. The van der Waals surface area contributed by atoms with E-state index in [2.05, 4.69) is 44.4 Å². The minimum absolute atomic E-state index is 0.0461. The van der Waals surface area contributed by atoms with Gasteiger partial charge in [-0.1, -0.05) is 66.7 Å². The van der Waals surface area contributed by atoms with Gasteiger partial charge in [0.15, 0.2) is 0 Å². The van der Waals surface area contributed by atoms with E-state index in [9.17, 15) is 19.2 Å². The second-order valence-corrected chi connectivity index (χ2v) is 14.0. The molecular weight excluding hydrogens is 548 g/mol. The third kappa shape index (κ3) is 3.79. The average Bonchev–Trinajstić information content (AvgIpc) is 3.84. The molecule has 4 amide bonds. The third-order valence-corrected chi connectivity index (χ3v) is 11.8. The van der Waals surface area contributed by atoms with Gasteiger partial charge in [-0.05, 0) is 91.4 Å². The first-order chi connectivity index (χ1) is 21.3. The molecule has 0 radical (unpaired) electrons. The highest BCUT2D eigenvalue weighted by molar-refractivity contribution is 6.22. The van der Waals surface area contributed by atoms with Gasteiger partial charge in [0.1, 0.15) is 0 Å². The zero-order chi connectivity index (χ0) is 30.4. The van der Waals surface area contributed by atoms with Gasteiger partial charge in [0, 0.05) is 5.70 Å². The second kappa shape index (κ2) is 9.98. The standard InChI is InChI=1S/C38H38N2O4/c1-4-6-23-16-25-18-29(23)33-31(25)35(41)39(37(33)43)27-11-8-21(9-12-27)15-22-10-13-28(14-20(22)3)40-36(42)32-26-17-24(7-5-2)30(19-26)34(32)38(40)44/h4-5,8-14,16-17,20,22,25-26,29-34H,1-2,6-7,15,18-19H2,3H3/t20?,22?,25?,26?,29?,30?,31-,32?,33?,34?/m0/s1. The Balaban J connectivity index is 0.934. The molecule has 2 heterocycles. The second-order valence-electron chi connectivity index (χ2n) is 14.0. The average molecular weight is 587 g/mol. The Morgan fingerprint density at radius 2 is 1.25 bits per heavy atom. The molecule has 8 rings (SSSR count). The summed E-state index contributed by atoms with van der Waals surface area (Å²) in [4.78, 5) is 56.8. The van der Waals surface area contributed by atoms with Crippen molar-refractivity contribution in [2.75, 3.05) is 4.90 Å². The van der Waals surface area contributed by atoms with E-state index in [-0.39, 0.29) is 82.8 Å². The number of carbonyl (C=O) groups excluding carboxylic acids is 4. The van der Waals surface area contributed by atoms with Crippen LogP contribution in [0.15, 0.2) is 96.8 Å². The number of allylic oxidation sites excluding steroid dienone is 9. The zero-order valence-corrected chi connectivity index (χ0v) is 25.1. The molecule has 44 heavy (non-hydrogen) atoms. The molecule has 0 aromatic heterocycles. The van der Waals surface area contributed by atoms with Crippen molar-refractivity contribution >= 4 is 29.3 Å². The summed E-state index contributed by atoms with van der Waals surface area (Å²) in [6, 6.07) is 7.82. The molecular formula is C38H38N2O4. The molecule has 2 aliphatic heterocycles. The number of carbonyl (C=O) groups is 4. The lowest BCUT2D eigenvalue weighted by atomic mass is 9.80. The van der Waals surface area contributed by atoms with Gasteiger partial charge in [0.2, 0.25) is 23.6 Å². The molecule has 6 nitrogen and oxygen atoms in total. The van der Waals surface area contributed by atoms with E-state index < -0.39 is 0 Å². The largest absolute Gasteiger partial charge is 0.274 e. The lowest BCUT2D eigenvalue weighted by Crippen LogP contribution is -2.33. The van der Waals surface area contributed by atoms with Gasteiger partial charge >= 0.3 is 0 Å². The number of imide groups is 2. The summed E-state index contributed by atoms with van der Waals surface area (Å²) >= 11 is 0. The molecule has 1 aromatic carbocycles. The minimum Gasteiger partial charge on any atom is -0.274 e. The molecule has 7 aliphatic rings. The van der Waals surface area contributed by atoms with E-state index in [0.717, 1.165) is 37.7 Å². The van der Waals surface area contributed by atoms with Crippen LogP contribution in [0.3, 0.4) is 0 Å². The predicted molar refractivity (Wildman–Crippen MR) is 167 cm³/mol. The Bertz CT molecular complexity index is 1640. The van der Waals surface area contributed by atoms with Gasteiger partial charge in [-0.3, -0.25) is 29.0 Å². The number of benzene rings is 1. The highest BCUT2D eigenvalue weighted by atomic mass is 16.2. The minimum atomic E-state index is -0.240. The molecule has 5 aliphatic carbocycles. The predicted octanol–water partition coefficient (Wildman–Crippen LogP) is 5.95. The number of anilines is 1. The summed E-state index contributed by atoms with van der Waals surface area (Å²) in [5.74, 6) is -0.167. The number of hydrogen-bond acceptors (Lipinski definition) is 4. The van der Waals surface area contributed by atoms with Crippen LogP contribution < -0.4 is 4.90 Å². The van der Waals surface area contributed by atoms with Gasteiger partial charge < -0.3 is 0 Å². The SMILES string of the molecule is C=CCC1=CC2CC1C1C(=O)N(C3=CC(C)C(Cc4ccc(N5C(=O)C6C7CC(C=C7CC=C)[C@@H]6C5=O)cc4)C=C3)C(=O)C21. The maximum Gasteiger partial charge on any atom is 0.238 e. The molecule has 2 saturated carbocycles. The maximum absolute atomic E-state index is 13.6. The fourth-order valence-electron chi connectivity index (χ4n) is 9.83. The number of likely N-dealkylation sites (tertiary alicyclic amines) is 1. The number of fused-ring (bicyclic) bond motifs is 10. The van der Waals surface area contributed by atoms with E-state index in [1.807, 2.05) is 42.5 Å². The Kier molecular flexibility index (Phi) is 6.23. The van der Waals surface area contributed by atoms with Crippen molar-refractivity contribution in [3.05, 3.63) is 102 Å². The Morgan fingerprint density at radius 1 is 0.727 bits per heavy atom. The third-order valence-electron chi connectivity index (χ3n) is 11.8. The van der Waals surface area contributed by atoms with Crippen LogP contribution in [0.5, 0.6) is 0 Å². The van der Waals surface area contributed by atoms with Crippen LogP contribution in [0.2, 0.25) is 0 Å². The lowest BCUT2D eigenvalue weighted by molar-refractivity contribution is -0.138. The molecule has 0 spiro atoms. The van der Waals surface area contributed by atoms with Crippen LogP contribution in [-0.2, 0) is 25.6 Å². The van der Waals surface area contributed by atoms with Gasteiger partial charge in [0.05, 0.1) is 29.4 Å². The van der Waals surface area contributed by atoms with Gasteiger partial charge in [-0.2, -0.15) is 0 Å². The van der Waals surface area contributed by atoms with Gasteiger partial charge in [-0.25, -0.2) is 0 Å². The van der Waals surface area contributed by atoms with Gasteiger partial charge in [0.25, 0.3) is 0 Å². The van der Waals surface area contributed by atoms with E-state index >= 15 is 0 Å². The molecule has 10 atom stereocenters. The van der Waals surface area contributed by atoms with E-state index in [1.54, 1.807) is 0 Å². The maximum atomic E-state index is 13.6. The first kappa shape index (κ1) is 27.5. The van der Waals surface area contributed by atoms with Crippen LogP contribution >= 0.6 is 0 Å². The fraction of sp³-hybridized carbons (Fsp3) is 0.421. The van der Waals surface area contributed by atoms with Crippen molar-refractivity contribution in [1.82, 2.24) is 4.90 Å². The number of rotatable bonds is 8. The van der Waals surface area contributed by atoms with Crippen LogP contribution in [0.4, 0.5) is 5.69 Å². The van der Waals surface area contributed by atoms with Crippen LogP contribution in [0, 0.1) is 59.2 Å². The molecule has 4 bridgehead atoms. The van der Waals surface area contributed by atoms with E-state index in [0.29, 0.717) is 11.4 Å². The monoisotopic (exact) mass is 586 g/mol. The number of nitrogens with zero attached hydrogens (tertiary/aromatic N) is 2. The highest BCUT2D eigenvalue weighted by Crippen LogP contribution is 2.58. The molecule has 9 unspecified atom stereocenters. The summed E-state index contributed by atoms with van der Waals surface area (Å²) in [7, 11) is 0. The van der Waals surface area contributed by atoms with E-state index in [1.165, 1.54) is 20.9 Å². The van der Waals surface area contributed by atoms with Crippen LogP contribution in [-0.4, -0.2) is 28.5 Å². The van der Waals surface area contributed by atoms with Crippen molar-refractivity contribution < 1.29 is 19.2 Å². The zero-order valence-electron chi connectivity index (χ0n) is 25.1. The first-order valence-electron chi connectivity index (χ1n) is 16.2. The normalized spacial score (nSPS) is 37.9. The molecule has 1 aromatic rings.